The molecule has 2 atom stereocenters. The minimum absolute atomic E-state index is 0.107. The summed E-state index contributed by atoms with van der Waals surface area (Å²) in [4.78, 5) is 23.3. The molecular formula is C19H26O4. The molecule has 1 aromatic carbocycles. The van der Waals surface area contributed by atoms with Gasteiger partial charge < -0.3 is 9.84 Å². The maximum Gasteiger partial charge on any atom is 0.313 e. The number of ether oxygens (including phenoxy) is 1. The van der Waals surface area contributed by atoms with Crippen LogP contribution in [0.2, 0.25) is 0 Å². The minimum Gasteiger partial charge on any atom is -0.481 e. The highest BCUT2D eigenvalue weighted by Crippen LogP contribution is 2.24. The average Bonchev–Trinajstić information content (AvgIpc) is 2.53. The highest BCUT2D eigenvalue weighted by Gasteiger charge is 2.25. The third-order valence-corrected chi connectivity index (χ3v) is 3.79. The van der Waals surface area contributed by atoms with E-state index in [1.54, 1.807) is 6.92 Å². The molecule has 126 valence electrons. The quantitative estimate of drug-likeness (QED) is 0.421. The van der Waals surface area contributed by atoms with Crippen molar-refractivity contribution in [2.45, 2.75) is 46.0 Å². The number of carbonyl (C=O) groups excluding carboxylic acids is 1. The third-order valence-electron chi connectivity index (χ3n) is 3.79. The van der Waals surface area contributed by atoms with E-state index in [0.717, 1.165) is 24.0 Å². The van der Waals surface area contributed by atoms with Crippen LogP contribution in [0.1, 0.15) is 51.5 Å². The molecule has 0 fully saturated rings. The van der Waals surface area contributed by atoms with Crippen LogP contribution < -0.4 is 0 Å². The molecule has 0 spiro atoms. The van der Waals surface area contributed by atoms with Crippen LogP contribution >= 0.6 is 0 Å². The van der Waals surface area contributed by atoms with E-state index in [1.165, 1.54) is 0 Å². The number of benzene rings is 1. The number of carboxylic acid groups (broad SMARTS) is 1. The first-order valence-electron chi connectivity index (χ1n) is 8.07. The Morgan fingerprint density at radius 3 is 2.48 bits per heavy atom. The molecule has 2 unspecified atom stereocenters. The lowest BCUT2D eigenvalue weighted by atomic mass is 9.91. The molecule has 0 saturated heterocycles. The summed E-state index contributed by atoms with van der Waals surface area (Å²) < 4.78 is 5.21. The van der Waals surface area contributed by atoms with Crippen LogP contribution in [0.5, 0.6) is 0 Å². The first-order valence-corrected chi connectivity index (χ1v) is 8.07. The summed E-state index contributed by atoms with van der Waals surface area (Å²) in [6, 6.07) is 9.90. The summed E-state index contributed by atoms with van der Waals surface area (Å²) in [5.74, 6) is -2.07. The number of hydrogen-bond acceptors (Lipinski definition) is 3. The molecule has 0 aromatic heterocycles. The van der Waals surface area contributed by atoms with Gasteiger partial charge in [0.2, 0.25) is 0 Å². The fourth-order valence-electron chi connectivity index (χ4n) is 2.39. The summed E-state index contributed by atoms with van der Waals surface area (Å²) in [5, 5.41) is 9.07. The lowest BCUT2D eigenvalue weighted by Gasteiger charge is -2.17. The SMILES string of the molecule is CCCCOC(=O)C(CC(=O)O)C(C)=CC(C)c1ccccc1. The van der Waals surface area contributed by atoms with Gasteiger partial charge in [-0.1, -0.05) is 62.2 Å². The van der Waals surface area contributed by atoms with Gasteiger partial charge >= 0.3 is 11.9 Å². The molecule has 1 N–H and O–H groups in total. The Balaban J connectivity index is 2.85. The first kappa shape index (κ1) is 18.9. The molecular weight excluding hydrogens is 292 g/mol. The van der Waals surface area contributed by atoms with Crippen LogP contribution in [0.3, 0.4) is 0 Å². The van der Waals surface area contributed by atoms with E-state index in [9.17, 15) is 9.59 Å². The zero-order valence-electron chi connectivity index (χ0n) is 14.1. The van der Waals surface area contributed by atoms with Gasteiger partial charge in [-0.15, -0.1) is 0 Å². The van der Waals surface area contributed by atoms with E-state index in [2.05, 4.69) is 0 Å². The fourth-order valence-corrected chi connectivity index (χ4v) is 2.39. The molecule has 0 radical (unpaired) electrons. The molecule has 0 bridgehead atoms. The molecule has 0 aliphatic rings. The summed E-state index contributed by atoms with van der Waals surface area (Å²) in [5.41, 5.74) is 1.87. The number of rotatable bonds is 9. The van der Waals surface area contributed by atoms with Crippen molar-refractivity contribution in [2.24, 2.45) is 5.92 Å². The lowest BCUT2D eigenvalue weighted by molar-refractivity contribution is -0.151. The van der Waals surface area contributed by atoms with Gasteiger partial charge in [-0.2, -0.15) is 0 Å². The molecule has 4 nitrogen and oxygen atoms in total. The van der Waals surface area contributed by atoms with E-state index >= 15 is 0 Å². The van der Waals surface area contributed by atoms with Crippen LogP contribution in [0, 0.1) is 5.92 Å². The number of hydrogen-bond donors (Lipinski definition) is 1. The van der Waals surface area contributed by atoms with Crippen molar-refractivity contribution in [3.05, 3.63) is 47.5 Å². The summed E-state index contributed by atoms with van der Waals surface area (Å²) in [6.45, 7) is 6.18. The van der Waals surface area contributed by atoms with E-state index in [4.69, 9.17) is 9.84 Å². The molecule has 0 amide bonds. The first-order chi connectivity index (χ1) is 11.0. The molecule has 1 rings (SSSR count). The van der Waals surface area contributed by atoms with E-state index < -0.39 is 17.9 Å². The predicted octanol–water partition coefficient (Wildman–Crippen LogP) is 4.17. The summed E-state index contributed by atoms with van der Waals surface area (Å²) in [7, 11) is 0. The topological polar surface area (TPSA) is 63.6 Å². The van der Waals surface area contributed by atoms with Crippen molar-refractivity contribution >= 4 is 11.9 Å². The normalized spacial score (nSPS) is 14.1. The summed E-state index contributed by atoms with van der Waals surface area (Å²) in [6.07, 6.45) is 3.42. The van der Waals surface area contributed by atoms with Crippen molar-refractivity contribution in [1.29, 1.82) is 0 Å². The van der Waals surface area contributed by atoms with Crippen molar-refractivity contribution in [3.8, 4) is 0 Å². The zero-order valence-corrected chi connectivity index (χ0v) is 14.1. The van der Waals surface area contributed by atoms with Gasteiger partial charge in [0.05, 0.1) is 18.9 Å². The Kier molecular flexibility index (Phi) is 8.09. The van der Waals surface area contributed by atoms with E-state index in [0.29, 0.717) is 6.61 Å². The third kappa shape index (κ3) is 6.68. The van der Waals surface area contributed by atoms with Crippen molar-refractivity contribution in [2.75, 3.05) is 6.61 Å². The Labute approximate surface area is 138 Å². The second kappa shape index (κ2) is 9.82. The lowest BCUT2D eigenvalue weighted by Crippen LogP contribution is -2.23. The van der Waals surface area contributed by atoms with Gasteiger partial charge in [0.1, 0.15) is 0 Å². The second-order valence-corrected chi connectivity index (χ2v) is 5.78. The van der Waals surface area contributed by atoms with Gasteiger partial charge in [-0.05, 0) is 24.8 Å². The van der Waals surface area contributed by atoms with E-state index in [1.807, 2.05) is 50.3 Å². The number of unbranched alkanes of at least 4 members (excludes halogenated alkanes) is 1. The Hall–Kier alpha value is -2.10. The fraction of sp³-hybridized carbons (Fsp3) is 0.474. The Bertz CT molecular complexity index is 534. The largest absolute Gasteiger partial charge is 0.481 e. The monoisotopic (exact) mass is 318 g/mol. The standard InChI is InChI=1S/C19H26O4/c1-4-5-11-23-19(22)17(13-18(20)21)15(3)12-14(2)16-9-7-6-8-10-16/h6-10,12,14,17H,4-5,11,13H2,1-3H3,(H,20,21). The van der Waals surface area contributed by atoms with Crippen molar-refractivity contribution in [3.63, 3.8) is 0 Å². The minimum atomic E-state index is -0.998. The summed E-state index contributed by atoms with van der Waals surface area (Å²) >= 11 is 0. The number of aliphatic carboxylic acids is 1. The molecule has 0 aliphatic carbocycles. The number of esters is 1. The van der Waals surface area contributed by atoms with Gasteiger partial charge in [-0.25, -0.2) is 0 Å². The van der Waals surface area contributed by atoms with Crippen molar-refractivity contribution < 1.29 is 19.4 Å². The number of carboxylic acids is 1. The van der Waals surface area contributed by atoms with Gasteiger partial charge in [0, 0.05) is 0 Å². The Morgan fingerprint density at radius 2 is 1.91 bits per heavy atom. The van der Waals surface area contributed by atoms with E-state index in [-0.39, 0.29) is 12.3 Å². The van der Waals surface area contributed by atoms with Gasteiger partial charge in [0.25, 0.3) is 0 Å². The smallest absolute Gasteiger partial charge is 0.313 e. The molecule has 0 heterocycles. The van der Waals surface area contributed by atoms with Crippen LogP contribution in [-0.4, -0.2) is 23.7 Å². The van der Waals surface area contributed by atoms with Crippen LogP contribution in [-0.2, 0) is 14.3 Å². The average molecular weight is 318 g/mol. The zero-order chi connectivity index (χ0) is 17.2. The highest BCUT2D eigenvalue weighted by atomic mass is 16.5. The number of carbonyl (C=O) groups is 2. The maximum absolute atomic E-state index is 12.2. The molecule has 0 aliphatic heterocycles. The predicted molar refractivity (Wildman–Crippen MR) is 90.2 cm³/mol. The van der Waals surface area contributed by atoms with Gasteiger partial charge in [0.15, 0.2) is 0 Å². The number of allylic oxidation sites excluding steroid dienone is 1. The second-order valence-electron chi connectivity index (χ2n) is 5.78. The van der Waals surface area contributed by atoms with Crippen molar-refractivity contribution in [1.82, 2.24) is 0 Å². The molecule has 4 heteroatoms. The maximum atomic E-state index is 12.2. The molecule has 23 heavy (non-hydrogen) atoms. The molecule has 1 aromatic rings. The highest BCUT2D eigenvalue weighted by molar-refractivity contribution is 5.81. The van der Waals surface area contributed by atoms with Crippen LogP contribution in [0.4, 0.5) is 0 Å². The molecule has 0 saturated carbocycles. The Morgan fingerprint density at radius 1 is 1.26 bits per heavy atom. The van der Waals surface area contributed by atoms with Gasteiger partial charge in [-0.3, -0.25) is 9.59 Å². The van der Waals surface area contributed by atoms with Crippen LogP contribution in [0.15, 0.2) is 42.0 Å². The van der Waals surface area contributed by atoms with Crippen LogP contribution in [0.25, 0.3) is 0 Å².